The summed E-state index contributed by atoms with van der Waals surface area (Å²) in [5, 5.41) is 32.8. The van der Waals surface area contributed by atoms with Crippen molar-refractivity contribution in [3.63, 3.8) is 0 Å². The van der Waals surface area contributed by atoms with Crippen molar-refractivity contribution in [1.29, 1.82) is 0 Å². The molecule has 0 fully saturated rings. The molecular weight excluding hydrogens is 1510 g/mol. The van der Waals surface area contributed by atoms with Gasteiger partial charge in [-0.05, 0) is 207 Å². The van der Waals surface area contributed by atoms with Crippen molar-refractivity contribution in [3.05, 3.63) is 400 Å². The largest absolute Gasteiger partial charge is 0.309 e. The van der Waals surface area contributed by atoms with Crippen molar-refractivity contribution < 1.29 is 0 Å². The molecule has 0 aliphatic carbocycles. The van der Waals surface area contributed by atoms with Crippen LogP contribution in [0.3, 0.4) is 0 Å². The van der Waals surface area contributed by atoms with E-state index in [1.54, 1.807) is 0 Å². The van der Waals surface area contributed by atoms with E-state index in [-0.39, 0.29) is 0 Å². The fraction of sp³-hybridized carbons (Fsp3) is 0. The standard InChI is InChI=1S/C116H66N8/c1-3-26-75(27-4-1)121-97-41-21-19-38-86(97)93-65-73(49-57-99(93)121)111-116(120-114-79-32-12-9-25-69(79)45-55-95(114)117-111)124-102-60-48-68-24-8-11-31-78(68)108(102)110-104(124)62-54-90-84-36-15-16-37-85(84)92-64-71(44-52-91(92)106(90)110)70-43-51-80-72(63-70)46-56-96-113(80)119-112(74-50-58-100-94(66-74)87-39-20-22-42-98(87)122(100)76-28-5-2-6-29-76)115(118-96)123-101-59-47-67-23-7-10-30-77(67)107(101)109-103(123)61-53-89-83-35-14-13-33-81(83)82-34-17-18-40-88(82)105(89)109/h1-66H. The van der Waals surface area contributed by atoms with E-state index < -0.39 is 0 Å². The average molecular weight is 1570 g/mol. The molecule has 570 valence electrons. The molecule has 0 saturated heterocycles. The Morgan fingerprint density at radius 1 is 0.153 bits per heavy atom. The highest BCUT2D eigenvalue weighted by Gasteiger charge is 2.29. The molecule has 0 atom stereocenters. The summed E-state index contributed by atoms with van der Waals surface area (Å²) in [5.74, 6) is 1.53. The van der Waals surface area contributed by atoms with Crippen molar-refractivity contribution in [3.8, 4) is 56.7 Å². The van der Waals surface area contributed by atoms with Crippen LogP contribution in [0.1, 0.15) is 0 Å². The lowest BCUT2D eigenvalue weighted by Gasteiger charge is -2.16. The van der Waals surface area contributed by atoms with Crippen LogP contribution < -0.4 is 0 Å². The highest BCUT2D eigenvalue weighted by Crippen LogP contribution is 2.51. The van der Waals surface area contributed by atoms with Crippen LogP contribution in [0.15, 0.2) is 400 Å². The Morgan fingerprint density at radius 3 is 1.02 bits per heavy atom. The molecule has 0 N–H and O–H groups in total. The minimum Gasteiger partial charge on any atom is -0.309 e. The van der Waals surface area contributed by atoms with Crippen LogP contribution >= 0.6 is 0 Å². The first-order valence-electron chi connectivity index (χ1n) is 42.6. The number of benzene rings is 22. The van der Waals surface area contributed by atoms with Crippen molar-refractivity contribution in [1.82, 2.24) is 38.2 Å². The Morgan fingerprint density at radius 2 is 0.476 bits per heavy atom. The minimum absolute atomic E-state index is 0.763. The van der Waals surface area contributed by atoms with Gasteiger partial charge in [-0.1, -0.05) is 291 Å². The Labute approximate surface area is 707 Å². The zero-order chi connectivity index (χ0) is 80.7. The summed E-state index contributed by atoms with van der Waals surface area (Å²) in [6.45, 7) is 0. The number of para-hydroxylation sites is 4. The molecule has 0 saturated carbocycles. The third kappa shape index (κ3) is 9.39. The zero-order valence-electron chi connectivity index (χ0n) is 66.7. The summed E-state index contributed by atoms with van der Waals surface area (Å²) in [6.07, 6.45) is 0. The van der Waals surface area contributed by atoms with E-state index in [1.807, 2.05) is 0 Å². The quantitative estimate of drug-likeness (QED) is 0.149. The van der Waals surface area contributed by atoms with Gasteiger partial charge in [-0.2, -0.15) is 0 Å². The van der Waals surface area contributed by atoms with Gasteiger partial charge in [0.25, 0.3) is 0 Å². The van der Waals surface area contributed by atoms with E-state index >= 15 is 0 Å². The number of fused-ring (bicyclic) bond motifs is 36. The van der Waals surface area contributed by atoms with Crippen LogP contribution in [0.4, 0.5) is 0 Å². The first-order valence-corrected chi connectivity index (χ1v) is 42.6. The fourth-order valence-electron chi connectivity index (χ4n) is 21.7. The Bertz CT molecular complexity index is 9610. The van der Waals surface area contributed by atoms with Crippen LogP contribution in [0, 0.1) is 0 Å². The fourth-order valence-corrected chi connectivity index (χ4v) is 21.7. The van der Waals surface area contributed by atoms with Crippen molar-refractivity contribution in [2.75, 3.05) is 0 Å². The topological polar surface area (TPSA) is 71.3 Å². The van der Waals surface area contributed by atoms with E-state index in [2.05, 4.69) is 419 Å². The molecule has 0 spiro atoms. The Hall–Kier alpha value is -16.7. The van der Waals surface area contributed by atoms with E-state index in [0.29, 0.717) is 0 Å². The predicted molar refractivity (Wildman–Crippen MR) is 521 cm³/mol. The molecular formula is C116H66N8. The number of nitrogens with zero attached hydrogens (tertiary/aromatic N) is 8. The summed E-state index contributed by atoms with van der Waals surface area (Å²) in [6, 6.07) is 147. The first kappa shape index (κ1) is 67.2. The number of hydrogen-bond acceptors (Lipinski definition) is 4. The first-order chi connectivity index (χ1) is 61.5. The zero-order valence-corrected chi connectivity index (χ0v) is 66.7. The van der Waals surface area contributed by atoms with Gasteiger partial charge in [0.15, 0.2) is 11.6 Å². The molecule has 28 aromatic rings. The van der Waals surface area contributed by atoms with Crippen molar-refractivity contribution in [2.45, 2.75) is 0 Å². The van der Waals surface area contributed by atoms with Crippen LogP contribution in [0.2, 0.25) is 0 Å². The third-order valence-corrected chi connectivity index (χ3v) is 27.0. The molecule has 28 rings (SSSR count). The Kier molecular flexibility index (Phi) is 13.8. The molecule has 124 heavy (non-hydrogen) atoms. The highest BCUT2D eigenvalue weighted by molar-refractivity contribution is 6.40. The molecule has 22 aromatic carbocycles. The van der Waals surface area contributed by atoms with Gasteiger partial charge in [-0.15, -0.1) is 0 Å². The van der Waals surface area contributed by atoms with Crippen molar-refractivity contribution in [2.24, 2.45) is 0 Å². The molecule has 6 aromatic heterocycles. The van der Waals surface area contributed by atoms with E-state index in [9.17, 15) is 0 Å². The van der Waals surface area contributed by atoms with E-state index in [0.717, 1.165) is 155 Å². The molecule has 0 amide bonds. The summed E-state index contributed by atoms with van der Waals surface area (Å²) in [4.78, 5) is 23.9. The summed E-state index contributed by atoms with van der Waals surface area (Å²) in [7, 11) is 0. The maximum absolute atomic E-state index is 6.08. The lowest BCUT2D eigenvalue weighted by molar-refractivity contribution is 1.08. The number of aromatic nitrogens is 8. The average Bonchev–Trinajstić information content (AvgIpc) is 1.50. The second kappa shape index (κ2) is 25.4. The lowest BCUT2D eigenvalue weighted by Crippen LogP contribution is -2.04. The van der Waals surface area contributed by atoms with Gasteiger partial charge in [-0.3, -0.25) is 9.13 Å². The maximum atomic E-state index is 6.08. The van der Waals surface area contributed by atoms with Gasteiger partial charge < -0.3 is 9.13 Å². The molecule has 0 radical (unpaired) electrons. The lowest BCUT2D eigenvalue weighted by atomic mass is 9.89. The molecule has 0 unspecified atom stereocenters. The van der Waals surface area contributed by atoms with E-state index in [4.69, 9.17) is 19.9 Å². The van der Waals surface area contributed by atoms with Gasteiger partial charge in [0.2, 0.25) is 0 Å². The predicted octanol–water partition coefficient (Wildman–Crippen LogP) is 30.5. The Balaban J connectivity index is 0.664. The maximum Gasteiger partial charge on any atom is 0.165 e. The molecule has 0 aliphatic heterocycles. The van der Waals surface area contributed by atoms with Gasteiger partial charge in [0, 0.05) is 87.1 Å². The van der Waals surface area contributed by atoms with Crippen LogP contribution in [0.5, 0.6) is 0 Å². The third-order valence-electron chi connectivity index (χ3n) is 27.0. The van der Waals surface area contributed by atoms with Crippen LogP contribution in [-0.2, 0) is 0 Å². The van der Waals surface area contributed by atoms with Gasteiger partial charge in [0.1, 0.15) is 11.4 Å². The number of rotatable bonds is 7. The smallest absolute Gasteiger partial charge is 0.165 e. The van der Waals surface area contributed by atoms with Crippen molar-refractivity contribution >= 4 is 217 Å². The highest BCUT2D eigenvalue weighted by atomic mass is 15.1. The molecule has 8 heteroatoms. The molecule has 6 heterocycles. The van der Waals surface area contributed by atoms with E-state index in [1.165, 1.54) is 118 Å². The van der Waals surface area contributed by atoms with Gasteiger partial charge in [0.05, 0.1) is 66.2 Å². The molecule has 0 aliphatic rings. The van der Waals surface area contributed by atoms with Crippen LogP contribution in [0.25, 0.3) is 274 Å². The van der Waals surface area contributed by atoms with Gasteiger partial charge >= 0.3 is 0 Å². The summed E-state index contributed by atoms with van der Waals surface area (Å²) < 4.78 is 9.62. The van der Waals surface area contributed by atoms with Crippen LogP contribution in [-0.4, -0.2) is 38.2 Å². The minimum atomic E-state index is 0.763. The summed E-state index contributed by atoms with van der Waals surface area (Å²) >= 11 is 0. The summed E-state index contributed by atoms with van der Waals surface area (Å²) in [5.41, 5.74) is 20.1. The SMILES string of the molecule is c1ccc(-n2c3ccccc3c3cc(-c4nc5c(ccc6cc(-c7ccc8c(c7)c7ccccc7c7ccc9c(c78)c7c8ccccc8ccc7n9-c7nc8c(ccc9ccccc98)nc7-c7ccc8c(c7)c7ccccc7n8-c7ccccc7)ccc65)nc4-n4c5ccc6ccccc6c5c5c6c7ccccc7c7ccccc7c6ccc54)ccc32)cc1. The second-order valence-corrected chi connectivity index (χ2v) is 33.3. The normalized spacial score (nSPS) is 12.4. The number of hydrogen-bond donors (Lipinski definition) is 0. The second-order valence-electron chi connectivity index (χ2n) is 33.3. The van der Waals surface area contributed by atoms with Gasteiger partial charge in [-0.25, -0.2) is 19.9 Å². The molecule has 8 nitrogen and oxygen atoms in total. The molecule has 0 bridgehead atoms. The monoisotopic (exact) mass is 1570 g/mol.